The maximum Gasteiger partial charge on any atom is 0.700 e. The number of carboxylic acid groups (broad SMARTS) is 1. The number of hydrogen-bond acceptors (Lipinski definition) is 8. The number of amides is 1. The number of aliphatic hydroxyl groups is 1. The molecule has 13 heteroatoms. The predicted molar refractivity (Wildman–Crippen MR) is 96.9 cm³/mol. The molecule has 0 aliphatic carbocycles. The molecule has 0 bridgehead atoms. The Bertz CT molecular complexity index is 669. The van der Waals surface area contributed by atoms with Gasteiger partial charge in [0.25, 0.3) is 5.91 Å². The van der Waals surface area contributed by atoms with E-state index in [1.54, 1.807) is 12.1 Å². The van der Waals surface area contributed by atoms with Crippen LogP contribution in [0.15, 0.2) is 24.3 Å². The number of hydrogen-bond donors (Lipinski definition) is 6. The zero-order chi connectivity index (χ0) is 21.2. The molecule has 1 aromatic rings. The van der Waals surface area contributed by atoms with Crippen LogP contribution in [0, 0.1) is 0 Å². The fourth-order valence-corrected chi connectivity index (χ4v) is 3.08. The van der Waals surface area contributed by atoms with Gasteiger partial charge in [0, 0.05) is 23.1 Å². The highest BCUT2D eigenvalue weighted by Crippen LogP contribution is 2.39. The minimum Gasteiger partial charge on any atom is -0.481 e. The summed E-state index contributed by atoms with van der Waals surface area (Å²) >= 11 is 0. The van der Waals surface area contributed by atoms with Crippen LogP contribution in [-0.2, 0) is 24.8 Å². The van der Waals surface area contributed by atoms with E-state index in [2.05, 4.69) is 14.4 Å². The van der Waals surface area contributed by atoms with Gasteiger partial charge in [-0.3, -0.25) is 14.1 Å². The number of rotatable bonds is 13. The Morgan fingerprint density at radius 3 is 2.32 bits per heavy atom. The van der Waals surface area contributed by atoms with Crippen molar-refractivity contribution in [3.8, 4) is 0 Å². The molecular weight excluding hydrogens is 416 g/mol. The van der Waals surface area contributed by atoms with E-state index in [0.717, 1.165) is 0 Å². The molecule has 0 spiro atoms. The topological polar surface area (TPSA) is 183 Å². The normalized spacial score (nSPS) is 13.8. The van der Waals surface area contributed by atoms with Crippen molar-refractivity contribution in [3.63, 3.8) is 0 Å². The van der Waals surface area contributed by atoms with Crippen LogP contribution in [0.25, 0.3) is 0 Å². The molecule has 0 heterocycles. The Morgan fingerprint density at radius 1 is 1.14 bits per heavy atom. The van der Waals surface area contributed by atoms with E-state index in [1.807, 2.05) is 0 Å². The van der Waals surface area contributed by atoms with Gasteiger partial charge in [0.1, 0.15) is 0 Å². The average Bonchev–Trinajstić information content (AvgIpc) is 2.56. The van der Waals surface area contributed by atoms with Gasteiger partial charge >= 0.3 is 28.8 Å². The van der Waals surface area contributed by atoms with Gasteiger partial charge in [0.05, 0.1) is 6.42 Å². The molecule has 1 rings (SSSR count). The number of unbranched alkanes of at least 4 members (excludes halogenated alkanes) is 2. The van der Waals surface area contributed by atoms with Crippen molar-refractivity contribution in [3.05, 3.63) is 35.4 Å². The Kier molecular flexibility index (Phi) is 10.6. The van der Waals surface area contributed by atoms with Gasteiger partial charge in [0.15, 0.2) is 0 Å². The van der Waals surface area contributed by atoms with Gasteiger partial charge in [-0.15, -0.1) is 4.89 Å². The van der Waals surface area contributed by atoms with Crippen molar-refractivity contribution >= 4 is 28.7 Å². The molecule has 1 aromatic carbocycles. The Labute approximate surface area is 162 Å². The van der Waals surface area contributed by atoms with E-state index in [-0.39, 0.29) is 25.2 Å². The lowest BCUT2D eigenvalue weighted by molar-refractivity contribution is -0.279. The van der Waals surface area contributed by atoms with Crippen LogP contribution in [0.2, 0.25) is 0 Å². The third kappa shape index (κ3) is 10.1. The summed E-state index contributed by atoms with van der Waals surface area (Å²) in [5.41, 5.74) is 0.969. The molecule has 2 unspecified atom stereocenters. The second-order valence-electron chi connectivity index (χ2n) is 5.72. The van der Waals surface area contributed by atoms with E-state index >= 15 is 0 Å². The highest BCUT2D eigenvalue weighted by molar-refractivity contribution is 7.39. The first-order chi connectivity index (χ1) is 13.1. The number of carbonyl (C=O) groups excluding carboxylic acids is 1. The first kappa shape index (κ1) is 24.5. The van der Waals surface area contributed by atoms with Gasteiger partial charge < -0.3 is 25.3 Å². The molecular formula is C15H22NO10P2+. The number of nitrogens with one attached hydrogen (secondary N) is 1. The number of carboxylic acids is 1. The van der Waals surface area contributed by atoms with Crippen molar-refractivity contribution in [2.45, 2.75) is 38.1 Å². The SMILES string of the molecule is O=C(O)Cc1ccc(C(=O)NCCCCCC(O)(OP(O)O)O[P+](=O)O)cc1. The zero-order valence-corrected chi connectivity index (χ0v) is 16.5. The summed E-state index contributed by atoms with van der Waals surface area (Å²) in [6.07, 6.45) is 0.831. The summed E-state index contributed by atoms with van der Waals surface area (Å²) in [6.45, 7) is 0.316. The van der Waals surface area contributed by atoms with E-state index in [0.29, 0.717) is 30.5 Å². The second-order valence-corrected chi connectivity index (χ2v) is 7.07. The van der Waals surface area contributed by atoms with Crippen molar-refractivity contribution in [1.29, 1.82) is 0 Å². The van der Waals surface area contributed by atoms with Crippen LogP contribution in [0.5, 0.6) is 0 Å². The Morgan fingerprint density at radius 2 is 1.79 bits per heavy atom. The molecule has 0 fully saturated rings. The smallest absolute Gasteiger partial charge is 0.481 e. The van der Waals surface area contributed by atoms with Gasteiger partial charge in [0.2, 0.25) is 0 Å². The van der Waals surface area contributed by atoms with Crippen molar-refractivity contribution in [2.24, 2.45) is 0 Å². The second kappa shape index (κ2) is 12.1. The first-order valence-corrected chi connectivity index (χ1v) is 10.4. The molecule has 6 N–H and O–H groups in total. The van der Waals surface area contributed by atoms with E-state index in [1.165, 1.54) is 12.1 Å². The number of aliphatic carboxylic acids is 1. The van der Waals surface area contributed by atoms with E-state index in [9.17, 15) is 19.3 Å². The number of carbonyl (C=O) groups is 2. The highest BCUT2D eigenvalue weighted by Gasteiger charge is 2.41. The molecule has 0 aliphatic rings. The maximum absolute atomic E-state index is 12.0. The highest BCUT2D eigenvalue weighted by atomic mass is 31.2. The Balaban J connectivity index is 2.33. The van der Waals surface area contributed by atoms with Crippen LogP contribution < -0.4 is 5.32 Å². The quantitative estimate of drug-likeness (QED) is 0.148. The summed E-state index contributed by atoms with van der Waals surface area (Å²) in [5, 5.41) is 21.2. The fourth-order valence-electron chi connectivity index (χ4n) is 2.26. The molecule has 28 heavy (non-hydrogen) atoms. The zero-order valence-electron chi connectivity index (χ0n) is 14.7. The summed E-state index contributed by atoms with van der Waals surface area (Å²) in [5.74, 6) is -3.87. The lowest BCUT2D eigenvalue weighted by atomic mass is 10.1. The molecule has 1 amide bonds. The van der Waals surface area contributed by atoms with Crippen LogP contribution in [-0.4, -0.2) is 49.3 Å². The molecule has 0 radical (unpaired) electrons. The fraction of sp³-hybridized carbons (Fsp3) is 0.467. The average molecular weight is 438 g/mol. The van der Waals surface area contributed by atoms with Crippen LogP contribution >= 0.6 is 16.9 Å². The van der Waals surface area contributed by atoms with Crippen LogP contribution in [0.4, 0.5) is 0 Å². The van der Waals surface area contributed by atoms with Gasteiger partial charge in [-0.1, -0.05) is 23.1 Å². The van der Waals surface area contributed by atoms with Gasteiger partial charge in [-0.05, 0) is 30.5 Å². The maximum atomic E-state index is 12.0. The minimum atomic E-state index is -3.21. The molecule has 2 atom stereocenters. The van der Waals surface area contributed by atoms with Crippen LogP contribution in [0.1, 0.15) is 41.6 Å². The summed E-state index contributed by atoms with van der Waals surface area (Å²) in [7, 11) is -6.21. The molecule has 0 aliphatic heterocycles. The van der Waals surface area contributed by atoms with Crippen molar-refractivity contribution in [1.82, 2.24) is 5.32 Å². The molecule has 11 nitrogen and oxygen atoms in total. The summed E-state index contributed by atoms with van der Waals surface area (Å²) in [6, 6.07) is 6.18. The largest absolute Gasteiger partial charge is 0.700 e. The molecule has 0 saturated heterocycles. The molecule has 0 aromatic heterocycles. The molecule has 0 saturated carbocycles. The minimum absolute atomic E-state index is 0.124. The third-order valence-corrected chi connectivity index (χ3v) is 4.36. The lowest BCUT2D eigenvalue weighted by Crippen LogP contribution is -2.32. The van der Waals surface area contributed by atoms with E-state index < -0.39 is 28.8 Å². The summed E-state index contributed by atoms with van der Waals surface area (Å²) in [4.78, 5) is 48.8. The Hall–Kier alpha value is -1.55. The van der Waals surface area contributed by atoms with Gasteiger partial charge in [-0.25, -0.2) is 0 Å². The van der Waals surface area contributed by atoms with E-state index in [4.69, 9.17) is 19.8 Å². The van der Waals surface area contributed by atoms with Gasteiger partial charge in [-0.2, -0.15) is 0 Å². The van der Waals surface area contributed by atoms with Crippen molar-refractivity contribution < 1.29 is 48.1 Å². The monoisotopic (exact) mass is 438 g/mol. The third-order valence-electron chi connectivity index (χ3n) is 3.47. The predicted octanol–water partition coefficient (Wildman–Crippen LogP) is 1.14. The first-order valence-electron chi connectivity index (χ1n) is 8.15. The standard InChI is InChI=1S/C15H21NO10P2/c17-13(18)10-11-4-6-12(7-5-11)14(19)16-9-3-1-2-8-15(20,25-27(21)22)26-28(23)24/h4-7,20-22H,1-3,8-10H2,(H2-,16,17,18,19,23,24)/p+1. The molecule has 156 valence electrons. The number of benzene rings is 1. The summed E-state index contributed by atoms with van der Waals surface area (Å²) < 4.78 is 19.3. The lowest BCUT2D eigenvalue weighted by Gasteiger charge is -2.21. The van der Waals surface area contributed by atoms with Crippen molar-refractivity contribution in [2.75, 3.05) is 6.54 Å². The van der Waals surface area contributed by atoms with Crippen LogP contribution in [0.3, 0.4) is 0 Å².